The highest BCUT2D eigenvalue weighted by Gasteiger charge is 2.03. The lowest BCUT2D eigenvalue weighted by Gasteiger charge is -2.09. The van der Waals surface area contributed by atoms with Gasteiger partial charge in [0, 0.05) is 11.6 Å². The third-order valence-electron chi connectivity index (χ3n) is 2.00. The second-order valence-electron chi connectivity index (χ2n) is 3.12. The van der Waals surface area contributed by atoms with Crippen molar-refractivity contribution in [2.24, 2.45) is 0 Å². The summed E-state index contributed by atoms with van der Waals surface area (Å²) in [5.41, 5.74) is 3.75. The summed E-state index contributed by atoms with van der Waals surface area (Å²) in [4.78, 5) is 8.37. The van der Waals surface area contributed by atoms with Gasteiger partial charge in [0.15, 0.2) is 0 Å². The molecular formula is C11H13N3OS. The van der Waals surface area contributed by atoms with E-state index in [1.165, 1.54) is 0 Å². The molecule has 84 valence electrons. The fourth-order valence-corrected chi connectivity index (χ4v) is 1.85. The van der Waals surface area contributed by atoms with Gasteiger partial charge in [-0.15, -0.1) is 11.3 Å². The number of hydrogen-bond donors (Lipinski definition) is 1. The molecule has 0 spiro atoms. The molecule has 0 amide bonds. The summed E-state index contributed by atoms with van der Waals surface area (Å²) in [5.74, 6) is 0.639. The standard InChI is InChI=1S/C11H13N3OS/c1-2-15-11-10(4-3-5-12-11)13-6-9-7-16-8-14-9/h3-5,7-8,13H,2,6H2,1H3. The van der Waals surface area contributed by atoms with Crippen LogP contribution in [0.2, 0.25) is 0 Å². The van der Waals surface area contributed by atoms with E-state index in [2.05, 4.69) is 15.3 Å². The predicted octanol–water partition coefficient (Wildman–Crippen LogP) is 2.55. The van der Waals surface area contributed by atoms with Gasteiger partial charge in [-0.05, 0) is 19.1 Å². The minimum absolute atomic E-state index is 0.613. The average Bonchev–Trinajstić information content (AvgIpc) is 2.81. The van der Waals surface area contributed by atoms with Crippen LogP contribution in [0.3, 0.4) is 0 Å². The van der Waals surface area contributed by atoms with Crippen LogP contribution in [0.4, 0.5) is 5.69 Å². The number of nitrogens with zero attached hydrogens (tertiary/aromatic N) is 2. The van der Waals surface area contributed by atoms with E-state index in [9.17, 15) is 0 Å². The summed E-state index contributed by atoms with van der Waals surface area (Å²) in [6.45, 7) is 3.25. The van der Waals surface area contributed by atoms with E-state index in [1.54, 1.807) is 17.5 Å². The van der Waals surface area contributed by atoms with Crippen molar-refractivity contribution in [2.45, 2.75) is 13.5 Å². The number of aromatic nitrogens is 2. The first-order valence-corrected chi connectivity index (χ1v) is 6.03. The van der Waals surface area contributed by atoms with Crippen LogP contribution in [0.5, 0.6) is 5.88 Å². The van der Waals surface area contributed by atoms with Crippen molar-refractivity contribution in [3.63, 3.8) is 0 Å². The third kappa shape index (κ3) is 2.70. The molecule has 0 saturated heterocycles. The van der Waals surface area contributed by atoms with Gasteiger partial charge in [-0.25, -0.2) is 9.97 Å². The molecule has 2 aromatic rings. The molecule has 0 saturated carbocycles. The summed E-state index contributed by atoms with van der Waals surface area (Å²) >= 11 is 1.59. The Labute approximate surface area is 98.3 Å². The Morgan fingerprint density at radius 3 is 3.12 bits per heavy atom. The summed E-state index contributed by atoms with van der Waals surface area (Å²) < 4.78 is 5.42. The van der Waals surface area contributed by atoms with Crippen LogP contribution in [0.15, 0.2) is 29.2 Å². The lowest BCUT2D eigenvalue weighted by Crippen LogP contribution is -2.03. The van der Waals surface area contributed by atoms with Crippen LogP contribution in [-0.4, -0.2) is 16.6 Å². The molecule has 4 nitrogen and oxygen atoms in total. The van der Waals surface area contributed by atoms with E-state index in [-0.39, 0.29) is 0 Å². The number of rotatable bonds is 5. The lowest BCUT2D eigenvalue weighted by atomic mass is 10.4. The Morgan fingerprint density at radius 2 is 2.38 bits per heavy atom. The van der Waals surface area contributed by atoms with Crippen LogP contribution in [-0.2, 0) is 6.54 Å². The smallest absolute Gasteiger partial charge is 0.237 e. The van der Waals surface area contributed by atoms with Crippen molar-refractivity contribution in [2.75, 3.05) is 11.9 Å². The molecule has 2 rings (SSSR count). The van der Waals surface area contributed by atoms with E-state index in [4.69, 9.17) is 4.74 Å². The van der Waals surface area contributed by atoms with Gasteiger partial charge in [0.05, 0.1) is 30.0 Å². The van der Waals surface area contributed by atoms with Gasteiger partial charge in [0.25, 0.3) is 0 Å². The number of nitrogens with one attached hydrogen (secondary N) is 1. The van der Waals surface area contributed by atoms with E-state index >= 15 is 0 Å². The van der Waals surface area contributed by atoms with Crippen molar-refractivity contribution in [3.05, 3.63) is 34.9 Å². The highest BCUT2D eigenvalue weighted by Crippen LogP contribution is 2.21. The predicted molar refractivity (Wildman–Crippen MR) is 64.8 cm³/mol. The molecule has 0 atom stereocenters. The fraction of sp³-hybridized carbons (Fsp3) is 0.273. The van der Waals surface area contributed by atoms with Crippen molar-refractivity contribution in [3.8, 4) is 5.88 Å². The minimum Gasteiger partial charge on any atom is -0.476 e. The van der Waals surface area contributed by atoms with E-state index < -0.39 is 0 Å². The van der Waals surface area contributed by atoms with Crippen molar-refractivity contribution in [1.29, 1.82) is 0 Å². The number of ether oxygens (including phenoxy) is 1. The molecule has 5 heteroatoms. The summed E-state index contributed by atoms with van der Waals surface area (Å²) in [6.07, 6.45) is 1.72. The number of thiazole rings is 1. The molecular weight excluding hydrogens is 222 g/mol. The maximum Gasteiger partial charge on any atom is 0.237 e. The van der Waals surface area contributed by atoms with Crippen LogP contribution < -0.4 is 10.1 Å². The van der Waals surface area contributed by atoms with E-state index in [0.29, 0.717) is 19.0 Å². The zero-order valence-corrected chi connectivity index (χ0v) is 9.83. The first-order valence-electron chi connectivity index (χ1n) is 5.09. The van der Waals surface area contributed by atoms with Crippen molar-refractivity contribution < 1.29 is 4.74 Å². The van der Waals surface area contributed by atoms with Gasteiger partial charge in [0.1, 0.15) is 0 Å². The Kier molecular flexibility index (Phi) is 3.71. The molecule has 0 aliphatic rings. The number of pyridine rings is 1. The molecule has 2 aromatic heterocycles. The largest absolute Gasteiger partial charge is 0.476 e. The Bertz CT molecular complexity index is 431. The normalized spacial score (nSPS) is 10.1. The average molecular weight is 235 g/mol. The van der Waals surface area contributed by atoms with Crippen LogP contribution in [0, 0.1) is 0 Å². The monoisotopic (exact) mass is 235 g/mol. The summed E-state index contributed by atoms with van der Waals surface area (Å²) in [6, 6.07) is 3.83. The molecule has 0 bridgehead atoms. The van der Waals surface area contributed by atoms with Crippen LogP contribution >= 0.6 is 11.3 Å². The fourth-order valence-electron chi connectivity index (χ4n) is 1.29. The molecule has 0 unspecified atom stereocenters. The Balaban J connectivity index is 2.03. The van der Waals surface area contributed by atoms with E-state index in [0.717, 1.165) is 11.4 Å². The number of hydrogen-bond acceptors (Lipinski definition) is 5. The first-order chi connectivity index (χ1) is 7.90. The highest BCUT2D eigenvalue weighted by molar-refractivity contribution is 7.07. The molecule has 2 heterocycles. The van der Waals surface area contributed by atoms with Crippen molar-refractivity contribution in [1.82, 2.24) is 9.97 Å². The maximum absolute atomic E-state index is 5.42. The Morgan fingerprint density at radius 1 is 1.44 bits per heavy atom. The van der Waals surface area contributed by atoms with Gasteiger partial charge in [-0.3, -0.25) is 0 Å². The third-order valence-corrected chi connectivity index (χ3v) is 2.63. The van der Waals surface area contributed by atoms with Gasteiger partial charge in [-0.1, -0.05) is 0 Å². The summed E-state index contributed by atoms with van der Waals surface area (Å²) in [5, 5.41) is 5.27. The zero-order valence-electron chi connectivity index (χ0n) is 9.01. The second kappa shape index (κ2) is 5.46. The van der Waals surface area contributed by atoms with Gasteiger partial charge >= 0.3 is 0 Å². The molecule has 0 aromatic carbocycles. The van der Waals surface area contributed by atoms with E-state index in [1.807, 2.05) is 29.9 Å². The van der Waals surface area contributed by atoms with Gasteiger partial charge < -0.3 is 10.1 Å². The zero-order chi connectivity index (χ0) is 11.2. The molecule has 1 N–H and O–H groups in total. The molecule has 0 aliphatic carbocycles. The first kappa shape index (κ1) is 10.9. The molecule has 0 fully saturated rings. The Hall–Kier alpha value is -1.62. The topological polar surface area (TPSA) is 47.0 Å². The van der Waals surface area contributed by atoms with Crippen LogP contribution in [0.1, 0.15) is 12.6 Å². The quantitative estimate of drug-likeness (QED) is 0.865. The second-order valence-corrected chi connectivity index (χ2v) is 3.84. The maximum atomic E-state index is 5.42. The van der Waals surface area contributed by atoms with Gasteiger partial charge in [-0.2, -0.15) is 0 Å². The lowest BCUT2D eigenvalue weighted by molar-refractivity contribution is 0.328. The van der Waals surface area contributed by atoms with Crippen molar-refractivity contribution >= 4 is 17.0 Å². The minimum atomic E-state index is 0.613. The number of anilines is 1. The summed E-state index contributed by atoms with van der Waals surface area (Å²) in [7, 11) is 0. The molecule has 0 aliphatic heterocycles. The van der Waals surface area contributed by atoms with Gasteiger partial charge in [0.2, 0.25) is 5.88 Å². The van der Waals surface area contributed by atoms with Crippen LogP contribution in [0.25, 0.3) is 0 Å². The molecule has 16 heavy (non-hydrogen) atoms. The molecule has 0 radical (unpaired) electrons. The highest BCUT2D eigenvalue weighted by atomic mass is 32.1. The SMILES string of the molecule is CCOc1ncccc1NCc1cscn1.